The van der Waals surface area contributed by atoms with Gasteiger partial charge in [0, 0.05) is 5.69 Å². The van der Waals surface area contributed by atoms with Crippen LogP contribution in [0.3, 0.4) is 0 Å². The Morgan fingerprint density at radius 3 is 2.94 bits per heavy atom. The van der Waals surface area contributed by atoms with Gasteiger partial charge in [0.15, 0.2) is 5.84 Å². The Labute approximate surface area is 98.9 Å². The van der Waals surface area contributed by atoms with Crippen molar-refractivity contribution in [1.82, 2.24) is 4.98 Å². The number of fused-ring (bicyclic) bond motifs is 1. The average Bonchev–Trinajstić information content (AvgIpc) is 2.36. The lowest BCUT2D eigenvalue weighted by Crippen LogP contribution is -2.17. The smallest absolute Gasteiger partial charge is 0.172 e. The molecule has 86 valence electrons. The van der Waals surface area contributed by atoms with Gasteiger partial charge < -0.3 is 10.9 Å². The number of aromatic nitrogens is 1. The first-order valence-electron chi connectivity index (χ1n) is 5.31. The van der Waals surface area contributed by atoms with Crippen LogP contribution >= 0.6 is 11.8 Å². The molecule has 1 aliphatic rings. The van der Waals surface area contributed by atoms with Crippen LogP contribution in [0.15, 0.2) is 16.2 Å². The molecule has 1 aromatic rings. The number of oxime groups is 1. The summed E-state index contributed by atoms with van der Waals surface area (Å²) in [6.07, 6.45) is 6.44. The van der Waals surface area contributed by atoms with Crippen molar-refractivity contribution >= 4 is 17.6 Å². The first kappa shape index (κ1) is 11.3. The van der Waals surface area contributed by atoms with E-state index in [0.717, 1.165) is 23.4 Å². The summed E-state index contributed by atoms with van der Waals surface area (Å²) in [5, 5.41) is 12.6. The van der Waals surface area contributed by atoms with Gasteiger partial charge in [0.2, 0.25) is 0 Å². The topological polar surface area (TPSA) is 71.5 Å². The lowest BCUT2D eigenvalue weighted by Gasteiger charge is -2.17. The third kappa shape index (κ3) is 2.00. The second-order valence-electron chi connectivity index (χ2n) is 3.84. The third-order valence-corrected chi connectivity index (χ3v) is 3.54. The Morgan fingerprint density at radius 2 is 2.25 bits per heavy atom. The van der Waals surface area contributed by atoms with Gasteiger partial charge >= 0.3 is 0 Å². The number of hydrogen-bond acceptors (Lipinski definition) is 4. The Hall–Kier alpha value is -1.23. The molecule has 0 saturated carbocycles. The zero-order chi connectivity index (χ0) is 11.5. The van der Waals surface area contributed by atoms with Gasteiger partial charge in [0.25, 0.3) is 0 Å². The van der Waals surface area contributed by atoms with E-state index in [4.69, 9.17) is 10.9 Å². The predicted octanol–water partition coefficient (Wildman–Crippen LogP) is 1.78. The molecule has 0 atom stereocenters. The molecule has 1 heterocycles. The molecule has 1 aliphatic carbocycles. The molecule has 16 heavy (non-hydrogen) atoms. The molecule has 0 aromatic carbocycles. The van der Waals surface area contributed by atoms with E-state index in [2.05, 4.69) is 10.1 Å². The van der Waals surface area contributed by atoms with Crippen LogP contribution in [-0.4, -0.2) is 22.3 Å². The zero-order valence-electron chi connectivity index (χ0n) is 9.23. The first-order chi connectivity index (χ1) is 7.76. The van der Waals surface area contributed by atoms with Gasteiger partial charge in [-0.1, -0.05) is 5.16 Å². The summed E-state index contributed by atoms with van der Waals surface area (Å²) in [6.45, 7) is 0. The van der Waals surface area contributed by atoms with Crippen LogP contribution in [0.1, 0.15) is 29.7 Å². The fraction of sp³-hybridized carbons (Fsp3) is 0.455. The number of thioether (sulfide) groups is 1. The summed E-state index contributed by atoms with van der Waals surface area (Å²) in [5.41, 5.74) is 8.81. The van der Waals surface area contributed by atoms with E-state index in [9.17, 15) is 0 Å². The van der Waals surface area contributed by atoms with E-state index in [1.165, 1.54) is 35.9 Å². The second kappa shape index (κ2) is 4.74. The minimum atomic E-state index is 0.144. The predicted molar refractivity (Wildman–Crippen MR) is 65.2 cm³/mol. The molecule has 5 heteroatoms. The van der Waals surface area contributed by atoms with Crippen molar-refractivity contribution in [3.63, 3.8) is 0 Å². The molecule has 0 aliphatic heterocycles. The summed E-state index contributed by atoms with van der Waals surface area (Å²) in [5.74, 6) is 0.144. The first-order valence-corrected chi connectivity index (χ1v) is 6.53. The number of hydrogen-bond donors (Lipinski definition) is 2. The van der Waals surface area contributed by atoms with Gasteiger partial charge in [-0.3, -0.25) is 0 Å². The lowest BCUT2D eigenvalue weighted by atomic mass is 9.95. The maximum Gasteiger partial charge on any atom is 0.172 e. The molecular weight excluding hydrogens is 222 g/mol. The van der Waals surface area contributed by atoms with E-state index in [0.29, 0.717) is 0 Å². The van der Waals surface area contributed by atoms with E-state index in [1.54, 1.807) is 0 Å². The van der Waals surface area contributed by atoms with Gasteiger partial charge in [-0.25, -0.2) is 4.98 Å². The van der Waals surface area contributed by atoms with Gasteiger partial charge in [0.1, 0.15) is 5.03 Å². The molecule has 0 amide bonds. The highest BCUT2D eigenvalue weighted by molar-refractivity contribution is 7.98. The largest absolute Gasteiger partial charge is 0.409 e. The molecular formula is C11H15N3OS. The maximum absolute atomic E-state index is 8.74. The summed E-state index contributed by atoms with van der Waals surface area (Å²) in [7, 11) is 0. The number of rotatable bonds is 2. The number of nitrogens with zero attached hydrogens (tertiary/aromatic N) is 2. The number of aryl methyl sites for hydroxylation is 2. The molecule has 0 unspecified atom stereocenters. The van der Waals surface area contributed by atoms with Crippen molar-refractivity contribution in [2.24, 2.45) is 10.9 Å². The summed E-state index contributed by atoms with van der Waals surface area (Å²) < 4.78 is 0. The van der Waals surface area contributed by atoms with E-state index >= 15 is 0 Å². The Kier molecular flexibility index (Phi) is 3.33. The molecule has 1 aromatic heterocycles. The standard InChI is InChI=1S/C11H15N3OS/c1-16-11-8(10(12)14-15)6-7-4-2-3-5-9(7)13-11/h6,15H,2-5H2,1H3,(H2,12,14). The van der Waals surface area contributed by atoms with Crippen LogP contribution in [0.2, 0.25) is 0 Å². The minimum Gasteiger partial charge on any atom is -0.409 e. The zero-order valence-corrected chi connectivity index (χ0v) is 10.0. The fourth-order valence-corrected chi connectivity index (χ4v) is 2.59. The van der Waals surface area contributed by atoms with E-state index < -0.39 is 0 Å². The van der Waals surface area contributed by atoms with Crippen LogP contribution in [0.5, 0.6) is 0 Å². The van der Waals surface area contributed by atoms with Crippen LogP contribution in [-0.2, 0) is 12.8 Å². The molecule has 3 N–H and O–H groups in total. The monoisotopic (exact) mass is 237 g/mol. The van der Waals surface area contributed by atoms with Crippen molar-refractivity contribution in [1.29, 1.82) is 0 Å². The Balaban J connectivity index is 2.51. The molecule has 0 fully saturated rings. The summed E-state index contributed by atoms with van der Waals surface area (Å²) >= 11 is 1.53. The number of pyridine rings is 1. The van der Waals surface area contributed by atoms with Crippen LogP contribution in [0.25, 0.3) is 0 Å². The molecule has 0 radical (unpaired) electrons. The number of amidine groups is 1. The normalized spacial score (nSPS) is 15.9. The second-order valence-corrected chi connectivity index (χ2v) is 4.64. The quantitative estimate of drug-likeness (QED) is 0.270. The van der Waals surface area contributed by atoms with Crippen LogP contribution in [0.4, 0.5) is 0 Å². The summed E-state index contributed by atoms with van der Waals surface area (Å²) in [4.78, 5) is 4.59. The average molecular weight is 237 g/mol. The third-order valence-electron chi connectivity index (χ3n) is 2.84. The molecule has 0 bridgehead atoms. The molecule has 0 spiro atoms. The molecule has 2 rings (SSSR count). The maximum atomic E-state index is 8.74. The van der Waals surface area contributed by atoms with Gasteiger partial charge in [-0.15, -0.1) is 11.8 Å². The Morgan fingerprint density at radius 1 is 1.50 bits per heavy atom. The summed E-state index contributed by atoms with van der Waals surface area (Å²) in [6, 6.07) is 2.02. The van der Waals surface area contributed by atoms with Gasteiger partial charge in [-0.2, -0.15) is 0 Å². The fourth-order valence-electron chi connectivity index (χ4n) is 2.01. The van der Waals surface area contributed by atoms with Gasteiger partial charge in [0.05, 0.1) is 5.56 Å². The van der Waals surface area contributed by atoms with E-state index in [-0.39, 0.29) is 5.84 Å². The minimum absolute atomic E-state index is 0.144. The molecule has 0 saturated heterocycles. The van der Waals surface area contributed by atoms with Gasteiger partial charge in [-0.05, 0) is 43.6 Å². The SMILES string of the molecule is CSc1nc2c(cc1C(N)=NO)CCCC2. The van der Waals surface area contributed by atoms with Crippen molar-refractivity contribution in [3.8, 4) is 0 Å². The molecule has 4 nitrogen and oxygen atoms in total. The Bertz CT molecular complexity index is 431. The van der Waals surface area contributed by atoms with Crippen molar-refractivity contribution in [2.75, 3.05) is 6.26 Å². The highest BCUT2D eigenvalue weighted by Crippen LogP contribution is 2.26. The van der Waals surface area contributed by atoms with Crippen molar-refractivity contribution < 1.29 is 5.21 Å². The van der Waals surface area contributed by atoms with Crippen LogP contribution < -0.4 is 5.73 Å². The van der Waals surface area contributed by atoms with Crippen molar-refractivity contribution in [2.45, 2.75) is 30.7 Å². The van der Waals surface area contributed by atoms with Crippen molar-refractivity contribution in [3.05, 3.63) is 22.9 Å². The number of nitrogens with two attached hydrogens (primary N) is 1. The lowest BCUT2D eigenvalue weighted by molar-refractivity contribution is 0.318. The highest BCUT2D eigenvalue weighted by atomic mass is 32.2. The van der Waals surface area contributed by atoms with Crippen LogP contribution in [0, 0.1) is 0 Å². The highest BCUT2D eigenvalue weighted by Gasteiger charge is 2.16. The van der Waals surface area contributed by atoms with E-state index in [1.807, 2.05) is 12.3 Å².